The minimum atomic E-state index is 0.0623. The number of carbonyl (C=O) groups excluding carboxylic acids is 2. The van der Waals surface area contributed by atoms with E-state index in [2.05, 4.69) is 42.3 Å². The first-order valence-corrected chi connectivity index (χ1v) is 14.1. The number of carbonyl (C=O) groups is 2. The van der Waals surface area contributed by atoms with E-state index in [-0.39, 0.29) is 18.4 Å². The van der Waals surface area contributed by atoms with Gasteiger partial charge in [-0.05, 0) is 81.5 Å². The van der Waals surface area contributed by atoms with Crippen molar-refractivity contribution in [2.45, 2.75) is 58.9 Å². The second-order valence-corrected chi connectivity index (χ2v) is 11.6. The number of hydrogen-bond acceptors (Lipinski definition) is 5. The quantitative estimate of drug-likeness (QED) is 0.693. The number of piperidine rings is 1. The van der Waals surface area contributed by atoms with Crippen LogP contribution in [0.2, 0.25) is 0 Å². The molecular weight excluding hydrogens is 464 g/mol. The highest BCUT2D eigenvalue weighted by molar-refractivity contribution is 5.94. The van der Waals surface area contributed by atoms with Crippen molar-refractivity contribution < 1.29 is 9.59 Å². The van der Waals surface area contributed by atoms with Crippen LogP contribution in [0.3, 0.4) is 0 Å². The lowest BCUT2D eigenvalue weighted by molar-refractivity contribution is -0.132. The summed E-state index contributed by atoms with van der Waals surface area (Å²) < 4.78 is 1.85. The fraction of sp³-hybridized carbons (Fsp3) is 0.621. The molecule has 3 fully saturated rings. The molecule has 4 aliphatic rings. The highest BCUT2D eigenvalue weighted by Gasteiger charge is 2.39. The third-order valence-corrected chi connectivity index (χ3v) is 9.49. The van der Waals surface area contributed by atoms with Crippen LogP contribution in [0, 0.1) is 19.3 Å². The Labute approximate surface area is 220 Å². The molecule has 4 heterocycles. The van der Waals surface area contributed by atoms with Crippen molar-refractivity contribution in [3.8, 4) is 0 Å². The maximum absolute atomic E-state index is 13.5. The van der Waals surface area contributed by atoms with Crippen LogP contribution in [-0.4, -0.2) is 83.8 Å². The molecule has 6 rings (SSSR count). The molecule has 2 aromatic rings. The molecule has 198 valence electrons. The van der Waals surface area contributed by atoms with Crippen molar-refractivity contribution in [1.82, 2.24) is 24.9 Å². The molecule has 37 heavy (non-hydrogen) atoms. The molecule has 8 nitrogen and oxygen atoms in total. The summed E-state index contributed by atoms with van der Waals surface area (Å²) in [6.07, 6.45) is 6.19. The van der Waals surface area contributed by atoms with E-state index in [0.29, 0.717) is 24.2 Å². The van der Waals surface area contributed by atoms with Crippen molar-refractivity contribution in [1.29, 1.82) is 0 Å². The maximum Gasteiger partial charge on any atom is 0.274 e. The minimum absolute atomic E-state index is 0.0623. The summed E-state index contributed by atoms with van der Waals surface area (Å²) >= 11 is 0. The first-order chi connectivity index (χ1) is 17.9. The van der Waals surface area contributed by atoms with Crippen LogP contribution in [0.5, 0.6) is 0 Å². The van der Waals surface area contributed by atoms with Crippen molar-refractivity contribution in [2.75, 3.05) is 57.3 Å². The normalized spacial score (nSPS) is 21.1. The lowest BCUT2D eigenvalue weighted by atomic mass is 9.78. The number of aromatic nitrogens is 2. The second kappa shape index (κ2) is 9.78. The summed E-state index contributed by atoms with van der Waals surface area (Å²) in [5, 5.41) is 8.27. The summed E-state index contributed by atoms with van der Waals surface area (Å²) in [6.45, 7) is 11.5. The first-order valence-electron chi connectivity index (χ1n) is 14.1. The van der Waals surface area contributed by atoms with Gasteiger partial charge in [0.2, 0.25) is 5.91 Å². The van der Waals surface area contributed by atoms with Crippen molar-refractivity contribution in [3.05, 3.63) is 46.3 Å². The molecule has 3 saturated heterocycles. The summed E-state index contributed by atoms with van der Waals surface area (Å²) in [5.74, 6) is 0.165. The third kappa shape index (κ3) is 4.54. The number of piperazine rings is 1. The predicted octanol–water partition coefficient (Wildman–Crippen LogP) is 2.55. The monoisotopic (exact) mass is 504 g/mol. The van der Waals surface area contributed by atoms with Crippen LogP contribution >= 0.6 is 0 Å². The van der Waals surface area contributed by atoms with Crippen molar-refractivity contribution in [2.24, 2.45) is 5.41 Å². The van der Waals surface area contributed by atoms with E-state index in [0.717, 1.165) is 82.6 Å². The second-order valence-electron chi connectivity index (χ2n) is 11.6. The lowest BCUT2D eigenvalue weighted by Gasteiger charge is -2.38. The number of likely N-dealkylation sites (tertiary alicyclic amines) is 1. The number of nitrogens with zero attached hydrogens (tertiary/aromatic N) is 5. The van der Waals surface area contributed by atoms with Crippen LogP contribution in [0.1, 0.15) is 58.6 Å². The van der Waals surface area contributed by atoms with Gasteiger partial charge < -0.3 is 20.0 Å². The zero-order valence-electron chi connectivity index (χ0n) is 22.4. The smallest absolute Gasteiger partial charge is 0.274 e. The Balaban J connectivity index is 1.10. The largest absolute Gasteiger partial charge is 0.368 e. The van der Waals surface area contributed by atoms with Crippen molar-refractivity contribution in [3.63, 3.8) is 0 Å². The van der Waals surface area contributed by atoms with E-state index in [1.54, 1.807) is 0 Å². The molecule has 1 aromatic heterocycles. The molecule has 0 bridgehead atoms. The number of anilines is 1. The molecular formula is C29H40N6O2. The molecule has 0 radical (unpaired) electrons. The van der Waals surface area contributed by atoms with Gasteiger partial charge >= 0.3 is 0 Å². The Morgan fingerprint density at radius 1 is 0.973 bits per heavy atom. The summed E-state index contributed by atoms with van der Waals surface area (Å²) in [7, 11) is 0. The first kappa shape index (κ1) is 24.5. The number of nitrogens with one attached hydrogen (secondary N) is 1. The third-order valence-electron chi connectivity index (χ3n) is 9.49. The number of aryl methyl sites for hydroxylation is 1. The molecule has 0 atom stereocenters. The lowest BCUT2D eigenvalue weighted by Crippen LogP contribution is -2.50. The molecule has 3 aliphatic heterocycles. The number of fused-ring (bicyclic) bond motifs is 1. The number of hydrogen-bond donors (Lipinski definition) is 1. The Kier molecular flexibility index (Phi) is 6.47. The van der Waals surface area contributed by atoms with Gasteiger partial charge in [0, 0.05) is 62.8 Å². The average Bonchev–Trinajstić information content (AvgIpc) is 3.65. The van der Waals surface area contributed by atoms with Crippen molar-refractivity contribution >= 4 is 17.5 Å². The standard InChI is InChI=1S/C29H40N6O2/c1-21-5-3-7-24(22(21)2)32-15-17-33(18-16-32)26(36)19-35-25-8-4-6-23(25)27(31-35)28(37)34-13-10-29(11-14-34)9-12-30-20-29/h3,5,7,30H,4,6,8-20H2,1-2H3. The van der Waals surface area contributed by atoms with E-state index in [9.17, 15) is 9.59 Å². The SMILES string of the molecule is Cc1cccc(N2CCN(C(=O)Cn3nc(C(=O)N4CCC5(CCNC5)CC4)c4c3CCC4)CC2)c1C. The Morgan fingerprint density at radius 3 is 2.49 bits per heavy atom. The highest BCUT2D eigenvalue weighted by Crippen LogP contribution is 2.37. The van der Waals surface area contributed by atoms with Gasteiger partial charge in [0.25, 0.3) is 5.91 Å². The minimum Gasteiger partial charge on any atom is -0.368 e. The van der Waals surface area contributed by atoms with Gasteiger partial charge in [0.05, 0.1) is 0 Å². The molecule has 1 spiro atoms. The number of rotatable bonds is 4. The van der Waals surface area contributed by atoms with Crippen LogP contribution in [0.15, 0.2) is 18.2 Å². The van der Waals surface area contributed by atoms with Gasteiger partial charge in [-0.3, -0.25) is 14.3 Å². The van der Waals surface area contributed by atoms with Crippen LogP contribution in [0.25, 0.3) is 0 Å². The fourth-order valence-corrected chi connectivity index (χ4v) is 6.87. The van der Waals surface area contributed by atoms with Gasteiger partial charge in [-0.2, -0.15) is 5.10 Å². The highest BCUT2D eigenvalue weighted by atomic mass is 16.2. The molecule has 8 heteroatoms. The topological polar surface area (TPSA) is 73.7 Å². The maximum atomic E-state index is 13.5. The molecule has 2 amide bonds. The van der Waals surface area contributed by atoms with Crippen LogP contribution in [0.4, 0.5) is 5.69 Å². The zero-order valence-corrected chi connectivity index (χ0v) is 22.4. The van der Waals surface area contributed by atoms with Gasteiger partial charge in [-0.1, -0.05) is 12.1 Å². The molecule has 0 unspecified atom stereocenters. The van der Waals surface area contributed by atoms with E-state index >= 15 is 0 Å². The number of amides is 2. The summed E-state index contributed by atoms with van der Waals surface area (Å²) in [4.78, 5) is 33.2. The Bertz CT molecular complexity index is 1180. The van der Waals surface area contributed by atoms with Gasteiger partial charge in [0.1, 0.15) is 6.54 Å². The Morgan fingerprint density at radius 2 is 1.76 bits per heavy atom. The van der Waals surface area contributed by atoms with E-state index < -0.39 is 0 Å². The molecule has 0 saturated carbocycles. The summed E-state index contributed by atoms with van der Waals surface area (Å²) in [5.41, 5.74) is 7.05. The Hall–Kier alpha value is -2.87. The van der Waals surface area contributed by atoms with Gasteiger partial charge in [0.15, 0.2) is 5.69 Å². The van der Waals surface area contributed by atoms with Crippen LogP contribution in [-0.2, 0) is 24.2 Å². The van der Waals surface area contributed by atoms with E-state index in [1.807, 2.05) is 14.5 Å². The number of benzene rings is 1. The molecule has 1 N–H and O–H groups in total. The molecule has 1 aliphatic carbocycles. The predicted molar refractivity (Wildman–Crippen MR) is 144 cm³/mol. The van der Waals surface area contributed by atoms with Crippen LogP contribution < -0.4 is 10.2 Å². The van der Waals surface area contributed by atoms with E-state index in [1.165, 1.54) is 23.2 Å². The molecule has 1 aromatic carbocycles. The van der Waals surface area contributed by atoms with E-state index in [4.69, 9.17) is 5.10 Å². The fourth-order valence-electron chi connectivity index (χ4n) is 6.87. The average molecular weight is 505 g/mol. The van der Waals surface area contributed by atoms with Gasteiger partial charge in [-0.25, -0.2) is 0 Å². The van der Waals surface area contributed by atoms with Gasteiger partial charge in [-0.15, -0.1) is 0 Å². The zero-order chi connectivity index (χ0) is 25.6. The summed E-state index contributed by atoms with van der Waals surface area (Å²) in [6, 6.07) is 6.44.